The topological polar surface area (TPSA) is 79.7 Å². The first-order valence-electron chi connectivity index (χ1n) is 10.1. The first-order chi connectivity index (χ1) is 15.7. The fraction of sp³-hybridized carbons (Fsp3) is 0.160. The van der Waals surface area contributed by atoms with Crippen molar-refractivity contribution in [3.63, 3.8) is 0 Å². The number of ketones is 1. The second-order valence-corrected chi connectivity index (χ2v) is 8.51. The van der Waals surface area contributed by atoms with E-state index < -0.39 is 17.7 Å². The van der Waals surface area contributed by atoms with Gasteiger partial charge in [-0.05, 0) is 60.9 Å². The minimum Gasteiger partial charge on any atom is -0.507 e. The fourth-order valence-electron chi connectivity index (χ4n) is 3.87. The van der Waals surface area contributed by atoms with E-state index in [1.807, 2.05) is 26.0 Å². The molecule has 168 valence electrons. The zero-order chi connectivity index (χ0) is 23.9. The number of nitrogens with zero attached hydrogens (tertiary/aromatic N) is 2. The SMILES string of the molecule is COc1c(Cl)cc(/C(O)=C2\C(=O)C(=O)N(c3ccc(C)c(C)c3)C2c2cccnc2)cc1Cl. The van der Waals surface area contributed by atoms with Gasteiger partial charge < -0.3 is 9.84 Å². The van der Waals surface area contributed by atoms with Gasteiger partial charge in [-0.15, -0.1) is 0 Å². The lowest BCUT2D eigenvalue weighted by Gasteiger charge is -2.25. The predicted molar refractivity (Wildman–Crippen MR) is 128 cm³/mol. The van der Waals surface area contributed by atoms with Gasteiger partial charge in [0.25, 0.3) is 11.7 Å². The van der Waals surface area contributed by atoms with Crippen LogP contribution in [0.2, 0.25) is 10.0 Å². The van der Waals surface area contributed by atoms with Crippen LogP contribution in [-0.4, -0.2) is 28.9 Å². The van der Waals surface area contributed by atoms with Gasteiger partial charge in [-0.3, -0.25) is 19.5 Å². The zero-order valence-electron chi connectivity index (χ0n) is 18.1. The molecule has 2 aromatic carbocycles. The number of benzene rings is 2. The third-order valence-electron chi connectivity index (χ3n) is 5.69. The molecule has 0 spiro atoms. The molecular formula is C25H20Cl2N2O4. The van der Waals surface area contributed by atoms with Crippen LogP contribution in [-0.2, 0) is 9.59 Å². The van der Waals surface area contributed by atoms with Crippen LogP contribution >= 0.6 is 23.2 Å². The number of carbonyl (C=O) groups is 2. The highest BCUT2D eigenvalue weighted by Crippen LogP contribution is 2.43. The van der Waals surface area contributed by atoms with Gasteiger partial charge in [-0.25, -0.2) is 0 Å². The number of aromatic nitrogens is 1. The Morgan fingerprint density at radius 3 is 2.33 bits per heavy atom. The number of hydrogen-bond acceptors (Lipinski definition) is 5. The van der Waals surface area contributed by atoms with Crippen molar-refractivity contribution in [3.05, 3.63) is 92.7 Å². The molecule has 0 bridgehead atoms. The van der Waals surface area contributed by atoms with Crippen molar-refractivity contribution in [3.8, 4) is 5.75 Å². The Balaban J connectivity index is 1.96. The summed E-state index contributed by atoms with van der Waals surface area (Å²) in [4.78, 5) is 31.9. The maximum atomic E-state index is 13.2. The second kappa shape index (κ2) is 8.89. The van der Waals surface area contributed by atoms with Gasteiger partial charge in [0.15, 0.2) is 5.75 Å². The van der Waals surface area contributed by atoms with Crippen LogP contribution in [0.15, 0.2) is 60.4 Å². The summed E-state index contributed by atoms with van der Waals surface area (Å²) in [7, 11) is 1.42. The Hall–Kier alpha value is -3.35. The Labute approximate surface area is 201 Å². The number of rotatable bonds is 4. The lowest BCUT2D eigenvalue weighted by atomic mass is 9.96. The van der Waals surface area contributed by atoms with Crippen molar-refractivity contribution >= 4 is 46.3 Å². The number of aryl methyl sites for hydroxylation is 2. The summed E-state index contributed by atoms with van der Waals surface area (Å²) in [5.41, 5.74) is 3.24. The minimum atomic E-state index is -0.888. The summed E-state index contributed by atoms with van der Waals surface area (Å²) in [5.74, 6) is -1.71. The van der Waals surface area contributed by atoms with Crippen LogP contribution < -0.4 is 9.64 Å². The van der Waals surface area contributed by atoms with Crippen molar-refractivity contribution in [1.29, 1.82) is 0 Å². The quantitative estimate of drug-likeness (QED) is 0.295. The van der Waals surface area contributed by atoms with Crippen LogP contribution in [0.3, 0.4) is 0 Å². The summed E-state index contributed by atoms with van der Waals surface area (Å²) in [6.45, 7) is 3.89. The van der Waals surface area contributed by atoms with Gasteiger partial charge in [0.1, 0.15) is 5.76 Å². The summed E-state index contributed by atoms with van der Waals surface area (Å²) in [5, 5.41) is 11.5. The number of Topliss-reactive ketones (excluding diaryl/α,β-unsaturated/α-hetero) is 1. The van der Waals surface area contributed by atoms with E-state index in [0.717, 1.165) is 11.1 Å². The van der Waals surface area contributed by atoms with Crippen LogP contribution in [0.4, 0.5) is 5.69 Å². The maximum absolute atomic E-state index is 13.2. The van der Waals surface area contributed by atoms with Gasteiger partial charge in [0.2, 0.25) is 0 Å². The average molecular weight is 483 g/mol. The number of hydrogen-bond donors (Lipinski definition) is 1. The smallest absolute Gasteiger partial charge is 0.300 e. The Kier molecular flexibility index (Phi) is 6.15. The summed E-state index contributed by atoms with van der Waals surface area (Å²) in [6, 6.07) is 10.9. The van der Waals surface area contributed by atoms with Gasteiger partial charge in [-0.2, -0.15) is 0 Å². The van der Waals surface area contributed by atoms with Gasteiger partial charge >= 0.3 is 0 Å². The van der Waals surface area contributed by atoms with Crippen molar-refractivity contribution in [2.75, 3.05) is 12.0 Å². The van der Waals surface area contributed by atoms with Crippen molar-refractivity contribution < 1.29 is 19.4 Å². The Bertz CT molecular complexity index is 1280. The van der Waals surface area contributed by atoms with Gasteiger partial charge in [0, 0.05) is 23.6 Å². The monoisotopic (exact) mass is 482 g/mol. The number of aliphatic hydroxyl groups excluding tert-OH is 1. The van der Waals surface area contributed by atoms with Crippen LogP contribution in [0.25, 0.3) is 5.76 Å². The largest absolute Gasteiger partial charge is 0.507 e. The van der Waals surface area contributed by atoms with E-state index in [4.69, 9.17) is 27.9 Å². The van der Waals surface area contributed by atoms with E-state index in [9.17, 15) is 14.7 Å². The van der Waals surface area contributed by atoms with E-state index in [2.05, 4.69) is 4.98 Å². The van der Waals surface area contributed by atoms with E-state index in [1.165, 1.54) is 24.1 Å². The Morgan fingerprint density at radius 2 is 1.76 bits per heavy atom. The zero-order valence-corrected chi connectivity index (χ0v) is 19.6. The molecule has 3 aromatic rings. The predicted octanol–water partition coefficient (Wildman–Crippen LogP) is 5.64. The van der Waals surface area contributed by atoms with Gasteiger partial charge in [0.05, 0.1) is 28.8 Å². The molecule has 1 saturated heterocycles. The van der Waals surface area contributed by atoms with E-state index in [0.29, 0.717) is 11.3 Å². The third-order valence-corrected chi connectivity index (χ3v) is 6.25. The number of aliphatic hydroxyl groups is 1. The molecule has 1 unspecified atom stereocenters. The first-order valence-corrected chi connectivity index (χ1v) is 10.8. The van der Waals surface area contributed by atoms with E-state index >= 15 is 0 Å². The standard InChI is InChI=1S/C25H20Cl2N2O4/c1-13-6-7-17(9-14(13)2)29-21(15-5-4-8-28-12-15)20(23(31)25(29)32)22(30)16-10-18(26)24(33-3)19(27)11-16/h4-12,21,30H,1-3H3/b22-20+. The molecule has 6 nitrogen and oxygen atoms in total. The molecule has 8 heteroatoms. The number of carbonyl (C=O) groups excluding carboxylic acids is 2. The third kappa shape index (κ3) is 3.96. The van der Waals surface area contributed by atoms with Crippen molar-refractivity contribution in [2.45, 2.75) is 19.9 Å². The minimum absolute atomic E-state index is 0.0801. The van der Waals surface area contributed by atoms with Crippen molar-refractivity contribution in [2.24, 2.45) is 0 Å². The lowest BCUT2D eigenvalue weighted by Crippen LogP contribution is -2.29. The maximum Gasteiger partial charge on any atom is 0.300 e. The summed E-state index contributed by atoms with van der Waals surface area (Å²) in [6.07, 6.45) is 3.15. The van der Waals surface area contributed by atoms with Crippen LogP contribution in [0, 0.1) is 13.8 Å². The van der Waals surface area contributed by atoms with E-state index in [1.54, 1.807) is 30.6 Å². The number of anilines is 1. The molecule has 4 rings (SSSR count). The molecule has 1 amide bonds. The van der Waals surface area contributed by atoms with Gasteiger partial charge in [-0.1, -0.05) is 35.3 Å². The van der Waals surface area contributed by atoms with E-state index in [-0.39, 0.29) is 32.7 Å². The molecule has 0 radical (unpaired) electrons. The molecule has 0 aliphatic carbocycles. The summed E-state index contributed by atoms with van der Waals surface area (Å²) < 4.78 is 5.16. The molecule has 1 aromatic heterocycles. The van der Waals surface area contributed by atoms with Crippen molar-refractivity contribution in [1.82, 2.24) is 4.98 Å². The fourth-order valence-corrected chi connectivity index (χ4v) is 4.52. The molecule has 0 saturated carbocycles. The second-order valence-electron chi connectivity index (χ2n) is 7.70. The number of methoxy groups -OCH3 is 1. The average Bonchev–Trinajstić information content (AvgIpc) is 3.06. The molecule has 33 heavy (non-hydrogen) atoms. The Morgan fingerprint density at radius 1 is 1.06 bits per heavy atom. The number of ether oxygens (including phenoxy) is 1. The van der Waals surface area contributed by atoms with Crippen LogP contribution in [0.1, 0.15) is 28.3 Å². The number of halogens is 2. The lowest BCUT2D eigenvalue weighted by molar-refractivity contribution is -0.132. The molecule has 2 heterocycles. The molecule has 1 aliphatic rings. The number of amides is 1. The molecular weight excluding hydrogens is 463 g/mol. The highest BCUT2D eigenvalue weighted by atomic mass is 35.5. The number of pyridine rings is 1. The highest BCUT2D eigenvalue weighted by Gasteiger charge is 2.47. The molecule has 1 atom stereocenters. The summed E-state index contributed by atoms with van der Waals surface area (Å²) >= 11 is 12.5. The normalized spacial score (nSPS) is 17.5. The van der Waals surface area contributed by atoms with Crippen LogP contribution in [0.5, 0.6) is 5.75 Å². The molecule has 1 N–H and O–H groups in total. The molecule has 1 fully saturated rings. The first kappa shape index (κ1) is 22.8. The highest BCUT2D eigenvalue weighted by molar-refractivity contribution is 6.51. The molecule has 1 aliphatic heterocycles.